The molecule has 6 aliphatic rings. The Kier molecular flexibility index (Phi) is 22.9. The van der Waals surface area contributed by atoms with Gasteiger partial charge in [0.25, 0.3) is 0 Å². The number of nitrogens with two attached hydrogens (primary N) is 6. The van der Waals surface area contributed by atoms with Crippen molar-refractivity contribution in [2.45, 2.75) is 183 Å². The van der Waals surface area contributed by atoms with Crippen LogP contribution in [0.2, 0.25) is 0 Å². The minimum absolute atomic E-state index is 0. The first-order chi connectivity index (χ1) is 42.8. The Balaban J connectivity index is 0.00000453. The van der Waals surface area contributed by atoms with Crippen LogP contribution in [0.25, 0.3) is 11.0 Å². The number of hydrogen-bond donors (Lipinski definition) is 10. The Morgan fingerprint density at radius 1 is 0.753 bits per heavy atom. The maximum Gasteiger partial charge on any atom is 0.472 e. The third-order valence-electron chi connectivity index (χ3n) is 20.2. The van der Waals surface area contributed by atoms with E-state index in [4.69, 9.17) is 80.0 Å². The molecule has 8 bridgehead atoms. The molecule has 1 aromatic carbocycles. The molecular formula is C63H88CoN14O14P-. The molecule has 1 radical (unpaired) electrons. The number of benzene rings is 1. The molecule has 7 amide bonds. The minimum atomic E-state index is -5.07. The zero-order chi connectivity index (χ0) is 68.7. The average molecular weight is 1360 g/mol. The number of aryl methyl sites for hydroxylation is 2. The topological polar surface area (TPSA) is 484 Å². The predicted molar refractivity (Wildman–Crippen MR) is 339 cm³/mol. The van der Waals surface area contributed by atoms with Gasteiger partial charge in [-0.15, -0.1) is 0 Å². The van der Waals surface area contributed by atoms with Gasteiger partial charge >= 0.3 is 7.82 Å². The van der Waals surface area contributed by atoms with Crippen molar-refractivity contribution < 1.29 is 83.8 Å². The molecule has 1 fully saturated rings. The zero-order valence-corrected chi connectivity index (χ0v) is 56.3. The van der Waals surface area contributed by atoms with Crippen molar-refractivity contribution in [3.63, 3.8) is 0 Å². The van der Waals surface area contributed by atoms with Gasteiger partial charge in [-0.3, -0.25) is 62.6 Å². The van der Waals surface area contributed by atoms with Crippen LogP contribution in [0.4, 0.5) is 0 Å². The number of aromatic nitrogens is 2. The number of imidazole rings is 1. The summed E-state index contributed by atoms with van der Waals surface area (Å²) in [5.41, 5.74) is 36.8. The molecule has 14 atom stereocenters. The number of allylic oxidation sites excluding steroid dienone is 6. The number of aliphatic hydroxyl groups is 2. The summed E-state index contributed by atoms with van der Waals surface area (Å²) in [4.78, 5) is 131. The van der Waals surface area contributed by atoms with Crippen molar-refractivity contribution in [2.75, 3.05) is 13.2 Å². The van der Waals surface area contributed by atoms with Crippen LogP contribution in [0, 0.1) is 71.0 Å². The number of phosphoric ester groups is 1. The Bertz CT molecular complexity index is 3670. The van der Waals surface area contributed by atoms with Crippen LogP contribution in [-0.2, 0) is 68.7 Å². The van der Waals surface area contributed by atoms with Crippen LogP contribution >= 0.6 is 7.82 Å². The monoisotopic (exact) mass is 1350 g/mol. The molecular weight excluding hydrogens is 1270 g/mol. The van der Waals surface area contributed by atoms with E-state index >= 15 is 0 Å². The average Bonchev–Trinajstić information content (AvgIpc) is 1.53. The molecule has 1 saturated heterocycles. The van der Waals surface area contributed by atoms with Crippen molar-refractivity contribution in [3.05, 3.63) is 70.5 Å². The van der Waals surface area contributed by atoms with Gasteiger partial charge in [0.15, 0.2) is 6.23 Å². The number of nitrogens with one attached hydrogen (secondary N) is 1. The summed E-state index contributed by atoms with van der Waals surface area (Å²) in [7, 11) is -5.07. The number of phosphoric acid groups is 1. The third kappa shape index (κ3) is 14.6. The Morgan fingerprint density at radius 3 is 1.88 bits per heavy atom. The van der Waals surface area contributed by atoms with Crippen LogP contribution in [-0.4, -0.2) is 132 Å². The number of hydrogen-bond acceptors (Lipinski definition) is 19. The molecule has 0 spiro atoms. The second-order valence-corrected chi connectivity index (χ2v) is 28.2. The van der Waals surface area contributed by atoms with Gasteiger partial charge in [-0.25, -0.2) is 9.55 Å². The van der Waals surface area contributed by atoms with Crippen LogP contribution in [0.5, 0.6) is 0 Å². The minimum Gasteiger partial charge on any atom is -0.512 e. The second kappa shape index (κ2) is 28.4. The van der Waals surface area contributed by atoms with E-state index in [1.165, 1.54) is 13.3 Å². The molecule has 14 unspecified atom stereocenters. The predicted octanol–water partition coefficient (Wildman–Crippen LogP) is 3.74. The number of rotatable bonds is 26. The molecule has 0 aliphatic carbocycles. The first-order valence-electron chi connectivity index (χ1n) is 30.6. The molecule has 509 valence electrons. The molecule has 28 nitrogen and oxygen atoms in total. The SMILES string of the molecule is CC1=C2N=C(C=C3N=C(C(C)=C4N=C(C(CC(N)=O)C4(C)CCC(=O)NCC(C)OP(=O)(O)OC4C(CO)OC(n5cnc6cc(C)c(C)cc65)C4O)C4(C)N=C1C(CCC(N)=O)C4(C)CC(N)=O)C(CCC(N)=O)C3(C)C)C(CCC(N)=O)C2(C)CC(N)=O.[C-]#N.[Co]. The van der Waals surface area contributed by atoms with E-state index in [1.54, 1.807) is 25.3 Å². The van der Waals surface area contributed by atoms with E-state index < -0.39 is 137 Å². The summed E-state index contributed by atoms with van der Waals surface area (Å²) in [5.74, 6) is -7.52. The molecule has 16 N–H and O–H groups in total. The molecule has 1 aromatic heterocycles. The number of carbonyl (C=O) groups is 7. The molecule has 93 heavy (non-hydrogen) atoms. The molecule has 2 aromatic rings. The van der Waals surface area contributed by atoms with Gasteiger partial charge in [-0.1, -0.05) is 34.6 Å². The summed E-state index contributed by atoms with van der Waals surface area (Å²) in [6, 6.07) is 3.73. The summed E-state index contributed by atoms with van der Waals surface area (Å²) < 4.78 is 32.2. The summed E-state index contributed by atoms with van der Waals surface area (Å²) >= 11 is 0. The van der Waals surface area contributed by atoms with Gasteiger partial charge in [0, 0.05) is 136 Å². The maximum atomic E-state index is 14.4. The molecule has 30 heteroatoms. The van der Waals surface area contributed by atoms with Crippen molar-refractivity contribution >= 4 is 83.1 Å². The summed E-state index contributed by atoms with van der Waals surface area (Å²) in [6.07, 6.45) is -4.63. The smallest absolute Gasteiger partial charge is 0.472 e. The number of carbonyl (C=O) groups excluding carboxylic acids is 7. The quantitative estimate of drug-likeness (QED) is 0.0474. The fourth-order valence-electron chi connectivity index (χ4n) is 15.0. The van der Waals surface area contributed by atoms with E-state index in [0.29, 0.717) is 62.1 Å². The Hall–Kier alpha value is -7.13. The summed E-state index contributed by atoms with van der Waals surface area (Å²) in [5, 5.41) is 30.8. The van der Waals surface area contributed by atoms with Crippen LogP contribution in [0.1, 0.15) is 150 Å². The standard InChI is InChI=1S/C62H88N13O14P.CN.Co/c1-29-20-39-40(21-30(29)2)75(28-70-39)57-52(84)53(41(27-76)87-57)89-90(85,86)88-31(3)26-69-49(83)18-19-59(8)37(22-46(66)80)56-62(11)61(10,25-48(68)82)36(14-17-45(65)79)51(74-62)33(5)55-60(9,24-47(67)81)34(12-15-43(63)77)38(71-55)23-42-58(6,7)35(13-16-44(64)78)50(72-42)32(4)54(59)73-56;1-2;/h20-21,23,28,31,34-37,41,52-53,57,76,84H,12-19,22,24-27H2,1-11H3,(H2,63,77)(H2,64,78)(H2,65,79)(H2,66,80)(H2,67,81)(H2,68,82)(H,69,83)(H,85,86);;/q;-1;. The van der Waals surface area contributed by atoms with Crippen LogP contribution < -0.4 is 39.7 Å². The number of fused-ring (bicyclic) bond motifs is 6. The largest absolute Gasteiger partial charge is 0.512 e. The Labute approximate surface area is 550 Å². The first kappa shape index (κ1) is 74.9. The van der Waals surface area contributed by atoms with Crippen molar-refractivity contribution in [1.29, 1.82) is 5.26 Å². The first-order valence-corrected chi connectivity index (χ1v) is 32.1. The van der Waals surface area contributed by atoms with E-state index in [1.807, 2.05) is 66.7 Å². The van der Waals surface area contributed by atoms with Crippen molar-refractivity contribution in [1.82, 2.24) is 14.9 Å². The number of amides is 7. The van der Waals surface area contributed by atoms with E-state index in [-0.39, 0.29) is 94.0 Å². The number of nitrogens with zero attached hydrogens (tertiary/aromatic N) is 7. The molecule has 7 heterocycles. The summed E-state index contributed by atoms with van der Waals surface area (Å²) in [6.45, 7) is 23.7. The number of primary amides is 6. The van der Waals surface area contributed by atoms with Gasteiger partial charge in [0.1, 0.15) is 23.9 Å². The van der Waals surface area contributed by atoms with Crippen LogP contribution in [0.15, 0.2) is 72.7 Å². The van der Waals surface area contributed by atoms with Gasteiger partial charge in [0.2, 0.25) is 41.4 Å². The van der Waals surface area contributed by atoms with Gasteiger partial charge in [-0.05, 0) is 108 Å². The van der Waals surface area contributed by atoms with Gasteiger partial charge in [-0.2, -0.15) is 0 Å². The second-order valence-electron chi connectivity index (χ2n) is 26.8. The number of aliphatic imine (C=N–C) groups is 4. The van der Waals surface area contributed by atoms with E-state index in [9.17, 15) is 53.2 Å². The maximum absolute atomic E-state index is 14.4. The fraction of sp³-hybridized carbons (Fsp3) is 0.603. The third-order valence-corrected chi connectivity index (χ3v) is 21.3. The van der Waals surface area contributed by atoms with E-state index in [0.717, 1.165) is 11.1 Å². The molecule has 0 saturated carbocycles. The fourth-order valence-corrected chi connectivity index (χ4v) is 16.2. The Morgan fingerprint density at radius 2 is 1.31 bits per heavy atom. The van der Waals surface area contributed by atoms with Crippen LogP contribution in [0.3, 0.4) is 0 Å². The van der Waals surface area contributed by atoms with Crippen molar-refractivity contribution in [2.24, 2.45) is 99.7 Å². The normalized spacial score (nSPS) is 30.3. The van der Waals surface area contributed by atoms with E-state index in [2.05, 4.69) is 10.3 Å². The van der Waals surface area contributed by atoms with Gasteiger partial charge < -0.3 is 76.0 Å². The molecule has 6 aliphatic heterocycles. The van der Waals surface area contributed by atoms with Crippen molar-refractivity contribution in [3.8, 4) is 0 Å². The molecule has 8 rings (SSSR count). The number of ether oxygens (including phenoxy) is 1. The van der Waals surface area contributed by atoms with Gasteiger partial charge in [0.05, 0.1) is 47.2 Å². The number of aliphatic hydroxyl groups excluding tert-OH is 2. The zero-order valence-electron chi connectivity index (χ0n) is 54.4.